The van der Waals surface area contributed by atoms with Crippen molar-refractivity contribution in [1.29, 1.82) is 0 Å². The lowest BCUT2D eigenvalue weighted by Gasteiger charge is -2.40. The third-order valence-electron chi connectivity index (χ3n) is 6.55. The highest BCUT2D eigenvalue weighted by molar-refractivity contribution is 6.08. The fourth-order valence-electron chi connectivity index (χ4n) is 4.46. The first-order valence-electron chi connectivity index (χ1n) is 11.9. The average molecular weight is 531 g/mol. The van der Waals surface area contributed by atoms with Crippen LogP contribution in [0, 0.1) is 23.4 Å². The van der Waals surface area contributed by atoms with Crippen LogP contribution in [-0.2, 0) is 5.60 Å². The van der Waals surface area contributed by atoms with Crippen molar-refractivity contribution >= 4 is 23.0 Å². The molecule has 1 aliphatic heterocycles. The molecule has 12 heteroatoms. The van der Waals surface area contributed by atoms with Gasteiger partial charge in [0.25, 0.3) is 5.91 Å². The summed E-state index contributed by atoms with van der Waals surface area (Å²) < 4.78 is 44.6. The Kier molecular flexibility index (Phi) is 7.33. The Balaban J connectivity index is 1.69. The molecule has 0 radical (unpaired) electrons. The number of aromatic nitrogens is 2. The fourth-order valence-corrected chi connectivity index (χ4v) is 4.46. The molecular weight excluding hydrogens is 501 g/mol. The number of hydrogen-bond donors (Lipinski definition) is 5. The maximum atomic E-state index is 14.9. The molecule has 3 aromatic rings. The van der Waals surface area contributed by atoms with Gasteiger partial charge < -0.3 is 31.9 Å². The van der Waals surface area contributed by atoms with Crippen molar-refractivity contribution in [2.45, 2.75) is 38.5 Å². The molecular formula is C26H29F3N6O3. The maximum Gasteiger partial charge on any atom is 0.276 e. The third-order valence-corrected chi connectivity index (χ3v) is 6.55. The van der Waals surface area contributed by atoms with E-state index in [2.05, 4.69) is 15.3 Å². The maximum absolute atomic E-state index is 14.9. The molecule has 0 bridgehead atoms. The van der Waals surface area contributed by atoms with E-state index in [1.54, 1.807) is 6.07 Å². The minimum atomic E-state index is -1.55. The number of anilines is 3. The second-order valence-electron chi connectivity index (χ2n) is 10.0. The van der Waals surface area contributed by atoms with Gasteiger partial charge in [0.15, 0.2) is 11.5 Å². The molecule has 9 nitrogen and oxygen atoms in total. The highest BCUT2D eigenvalue weighted by Gasteiger charge is 2.32. The molecule has 3 heterocycles. The number of halogens is 3. The number of nitrogens with zero attached hydrogens (tertiary/aromatic N) is 3. The number of nitrogen functional groups attached to an aromatic ring is 1. The summed E-state index contributed by atoms with van der Waals surface area (Å²) >= 11 is 0. The van der Waals surface area contributed by atoms with Crippen LogP contribution in [0.2, 0.25) is 0 Å². The van der Waals surface area contributed by atoms with Gasteiger partial charge in [-0.15, -0.1) is 0 Å². The van der Waals surface area contributed by atoms with Gasteiger partial charge in [0.05, 0.1) is 40.5 Å². The zero-order valence-corrected chi connectivity index (χ0v) is 21.0. The molecule has 4 rings (SSSR count). The van der Waals surface area contributed by atoms with Gasteiger partial charge in [0, 0.05) is 37.3 Å². The number of carbonyl (C=O) groups excluding carboxylic acids is 1. The van der Waals surface area contributed by atoms with Crippen molar-refractivity contribution in [1.82, 2.24) is 9.97 Å². The van der Waals surface area contributed by atoms with Gasteiger partial charge >= 0.3 is 0 Å². The number of nitrogens with two attached hydrogens (primary N) is 2. The fraction of sp³-hybridized carbons (Fsp3) is 0.346. The topological polar surface area (TPSA) is 151 Å². The molecule has 0 spiro atoms. The Labute approximate surface area is 217 Å². The van der Waals surface area contributed by atoms with Crippen LogP contribution < -0.4 is 21.7 Å². The predicted octanol–water partition coefficient (Wildman–Crippen LogP) is 2.77. The van der Waals surface area contributed by atoms with Crippen LogP contribution in [0.5, 0.6) is 0 Å². The van der Waals surface area contributed by atoms with Gasteiger partial charge in [-0.05, 0) is 37.6 Å². The van der Waals surface area contributed by atoms with Gasteiger partial charge in [0.1, 0.15) is 17.3 Å². The van der Waals surface area contributed by atoms with Crippen molar-refractivity contribution in [3.05, 3.63) is 65.4 Å². The molecule has 0 saturated carbocycles. The standard InChI is InChI=1S/C26H29F3N6O3/c1-12-10-35(11-18(31)24(12)36)20-4-5-32-9-19(20)33-25(37)23-17(30)8-16(29)22(34-23)21-14(27)6-13(7-15(21)28)26(2,3)38/h4-9,12,18,24,36,38H,10-11,30-31H2,1-3H3,(H,33,37)/t12-,18+,24+/m0/s1. The van der Waals surface area contributed by atoms with Crippen molar-refractivity contribution in [3.63, 3.8) is 0 Å². The summed E-state index contributed by atoms with van der Waals surface area (Å²) in [5, 5.41) is 22.9. The SMILES string of the molecule is C[C@H]1CN(c2ccncc2NC(=O)c2nc(-c3c(F)cc(C(C)(C)O)cc3F)c(F)cc2N)C[C@@H](N)[C@@H]1O. The highest BCUT2D eigenvalue weighted by atomic mass is 19.1. The van der Waals surface area contributed by atoms with Crippen molar-refractivity contribution in [2.24, 2.45) is 11.7 Å². The second-order valence-corrected chi connectivity index (χ2v) is 10.0. The first-order chi connectivity index (χ1) is 17.8. The minimum absolute atomic E-state index is 0.0616. The lowest BCUT2D eigenvalue weighted by molar-refractivity contribution is 0.0778. The monoisotopic (exact) mass is 530 g/mol. The molecule has 7 N–H and O–H groups in total. The van der Waals surface area contributed by atoms with Crippen LogP contribution in [0.3, 0.4) is 0 Å². The van der Waals surface area contributed by atoms with E-state index in [4.69, 9.17) is 11.5 Å². The molecule has 38 heavy (non-hydrogen) atoms. The average Bonchev–Trinajstić information content (AvgIpc) is 2.82. The van der Waals surface area contributed by atoms with Gasteiger partial charge in [0.2, 0.25) is 0 Å². The molecule has 1 amide bonds. The Bertz CT molecular complexity index is 1350. The zero-order chi connectivity index (χ0) is 27.9. The molecule has 0 aliphatic carbocycles. The Morgan fingerprint density at radius 2 is 1.82 bits per heavy atom. The zero-order valence-electron chi connectivity index (χ0n) is 21.0. The van der Waals surface area contributed by atoms with Crippen LogP contribution in [0.15, 0.2) is 36.7 Å². The summed E-state index contributed by atoms with van der Waals surface area (Å²) in [6.07, 6.45) is 2.24. The van der Waals surface area contributed by atoms with E-state index in [-0.39, 0.29) is 22.9 Å². The van der Waals surface area contributed by atoms with Crippen molar-refractivity contribution in [2.75, 3.05) is 29.0 Å². The number of aliphatic hydroxyl groups is 2. The van der Waals surface area contributed by atoms with Gasteiger partial charge in [-0.2, -0.15) is 0 Å². The summed E-state index contributed by atoms with van der Waals surface area (Å²) in [5.74, 6) is -4.47. The van der Waals surface area contributed by atoms with E-state index in [1.165, 1.54) is 26.2 Å². The van der Waals surface area contributed by atoms with Gasteiger partial charge in [-0.3, -0.25) is 9.78 Å². The lowest BCUT2D eigenvalue weighted by Crippen LogP contribution is -2.55. The van der Waals surface area contributed by atoms with E-state index in [1.807, 2.05) is 11.8 Å². The van der Waals surface area contributed by atoms with Crippen molar-refractivity contribution in [3.8, 4) is 11.3 Å². The number of piperidine rings is 1. The van der Waals surface area contributed by atoms with Crippen LogP contribution >= 0.6 is 0 Å². The Hall–Kier alpha value is -3.74. The van der Waals surface area contributed by atoms with E-state index < -0.39 is 58.1 Å². The summed E-state index contributed by atoms with van der Waals surface area (Å²) in [5.41, 5.74) is 8.80. The number of benzene rings is 1. The number of aliphatic hydroxyl groups excluding tert-OH is 1. The summed E-state index contributed by atoms with van der Waals surface area (Å²) in [7, 11) is 0. The summed E-state index contributed by atoms with van der Waals surface area (Å²) in [6, 6.07) is 3.66. The molecule has 1 aliphatic rings. The van der Waals surface area contributed by atoms with Gasteiger partial charge in [-0.25, -0.2) is 18.2 Å². The Morgan fingerprint density at radius 1 is 1.16 bits per heavy atom. The van der Waals surface area contributed by atoms with Crippen LogP contribution in [0.25, 0.3) is 11.3 Å². The number of nitrogens with one attached hydrogen (secondary N) is 1. The minimum Gasteiger partial charge on any atom is -0.397 e. The molecule has 1 fully saturated rings. The second kappa shape index (κ2) is 10.2. The molecule has 1 saturated heterocycles. The quantitative estimate of drug-likeness (QED) is 0.338. The molecule has 2 aromatic heterocycles. The van der Waals surface area contributed by atoms with E-state index >= 15 is 0 Å². The number of rotatable bonds is 5. The smallest absolute Gasteiger partial charge is 0.276 e. The first kappa shape index (κ1) is 27.3. The van der Waals surface area contributed by atoms with Crippen LogP contribution in [-0.4, -0.2) is 51.3 Å². The van der Waals surface area contributed by atoms with Gasteiger partial charge in [-0.1, -0.05) is 6.92 Å². The summed E-state index contributed by atoms with van der Waals surface area (Å²) in [4.78, 5) is 23.0. The largest absolute Gasteiger partial charge is 0.397 e. The van der Waals surface area contributed by atoms with E-state index in [0.29, 0.717) is 18.8 Å². The van der Waals surface area contributed by atoms with E-state index in [0.717, 1.165) is 18.2 Å². The normalized spacial score (nSPS) is 19.9. The number of hydrogen-bond acceptors (Lipinski definition) is 8. The van der Waals surface area contributed by atoms with E-state index in [9.17, 15) is 28.2 Å². The van der Waals surface area contributed by atoms with Crippen molar-refractivity contribution < 1.29 is 28.2 Å². The lowest BCUT2D eigenvalue weighted by atomic mass is 9.92. The third kappa shape index (κ3) is 5.28. The number of amides is 1. The number of pyridine rings is 2. The van der Waals surface area contributed by atoms with Crippen LogP contribution in [0.4, 0.5) is 30.2 Å². The molecule has 1 aromatic carbocycles. The number of carbonyl (C=O) groups is 1. The Morgan fingerprint density at radius 3 is 2.42 bits per heavy atom. The molecule has 202 valence electrons. The van der Waals surface area contributed by atoms with Crippen LogP contribution in [0.1, 0.15) is 36.8 Å². The summed E-state index contributed by atoms with van der Waals surface area (Å²) in [6.45, 7) is 5.32. The molecule has 3 atom stereocenters. The highest BCUT2D eigenvalue weighted by Crippen LogP contribution is 2.34. The predicted molar refractivity (Wildman–Crippen MR) is 137 cm³/mol. The molecule has 0 unspecified atom stereocenters. The first-order valence-corrected chi connectivity index (χ1v) is 11.9.